The third-order valence-electron chi connectivity index (χ3n) is 12.1. The minimum Gasteiger partial charge on any atom is -0.457 e. The molecule has 0 spiro atoms. The summed E-state index contributed by atoms with van der Waals surface area (Å²) >= 11 is 6.96. The van der Waals surface area contributed by atoms with Crippen LogP contribution in [-0.2, 0) is 20.7 Å². The van der Waals surface area contributed by atoms with Gasteiger partial charge >= 0.3 is 6.09 Å². The molecule has 2 saturated heterocycles. The van der Waals surface area contributed by atoms with Crippen LogP contribution in [0.2, 0.25) is 5.02 Å². The molecule has 2 unspecified atom stereocenters. The molecule has 7 atom stereocenters. The summed E-state index contributed by atoms with van der Waals surface area (Å²) in [5.41, 5.74) is 4.15. The number of likely N-dealkylation sites (tertiary alicyclic amines) is 2. The minimum atomic E-state index is -0.659. The van der Waals surface area contributed by atoms with E-state index < -0.39 is 12.1 Å². The highest BCUT2D eigenvalue weighted by molar-refractivity contribution is 6.31. The van der Waals surface area contributed by atoms with Crippen molar-refractivity contribution in [3.05, 3.63) is 57.6 Å². The lowest BCUT2D eigenvalue weighted by Crippen LogP contribution is -2.55. The molecule has 13 heteroatoms. The number of amides is 3. The second kappa shape index (κ2) is 16.2. The number of nitrogens with zero attached hydrogens (tertiary/aromatic N) is 4. The first kappa shape index (κ1) is 38.0. The van der Waals surface area contributed by atoms with Gasteiger partial charge in [0.2, 0.25) is 11.8 Å². The minimum absolute atomic E-state index is 0.00647. The topological polar surface area (TPSA) is 137 Å². The molecule has 3 N–H and O–H groups in total. The van der Waals surface area contributed by atoms with Crippen LogP contribution < -0.4 is 20.7 Å². The number of methoxy groups -OCH3 is 1. The standard InChI is InChI=1S/C41H54ClN7O5/c1-6-23(3)16-36(50)48-14-8-10-32(48)38-44-22-31(46-38)28-20-35-27(19-29(28)42)18-26-17-25(12-13-34(26)54-35)30-21-43-39(45-30)33-11-9-15-49(33)40(51)37(24(4)7-2)47-41(52)53-5/h12-13,17,19-20,23-24,30-33,37H,6-11,14-16,18,21-22H2,1-5H3,(H,43,45)(H,44,46)(H,47,52)/t23-,24-,30?,31?,32-,33-,37-/m0/s1. The van der Waals surface area contributed by atoms with Crippen molar-refractivity contribution in [3.8, 4) is 11.5 Å². The van der Waals surface area contributed by atoms with Crippen molar-refractivity contribution in [1.29, 1.82) is 0 Å². The highest BCUT2D eigenvalue weighted by atomic mass is 35.5. The highest BCUT2D eigenvalue weighted by Gasteiger charge is 2.41. The number of fused-ring (bicyclic) bond motifs is 2. The van der Waals surface area contributed by atoms with Gasteiger partial charge in [0.1, 0.15) is 29.2 Å². The Morgan fingerprint density at radius 3 is 2.30 bits per heavy atom. The largest absolute Gasteiger partial charge is 0.457 e. The van der Waals surface area contributed by atoms with Crippen molar-refractivity contribution in [3.63, 3.8) is 0 Å². The summed E-state index contributed by atoms with van der Waals surface area (Å²) in [4.78, 5) is 52.6. The molecule has 5 aliphatic rings. The summed E-state index contributed by atoms with van der Waals surface area (Å²) < 4.78 is 11.3. The van der Waals surface area contributed by atoms with Gasteiger partial charge in [-0.25, -0.2) is 4.79 Å². The fourth-order valence-corrected chi connectivity index (χ4v) is 8.76. The quantitative estimate of drug-likeness (QED) is 0.209. The molecule has 0 radical (unpaired) electrons. The van der Waals surface area contributed by atoms with Crippen LogP contribution in [0.15, 0.2) is 40.3 Å². The molecule has 0 aromatic heterocycles. The van der Waals surface area contributed by atoms with E-state index in [1.807, 2.05) is 41.8 Å². The molecule has 7 rings (SSSR count). The van der Waals surface area contributed by atoms with Crippen molar-refractivity contribution < 1.29 is 23.9 Å². The maximum atomic E-state index is 13.8. The lowest BCUT2D eigenvalue weighted by molar-refractivity contribution is -0.134. The molecule has 2 aromatic carbocycles. The number of carbonyl (C=O) groups excluding carboxylic acids is 3. The molecule has 290 valence electrons. The molecule has 0 bridgehead atoms. The van der Waals surface area contributed by atoms with Gasteiger partial charge in [0.15, 0.2) is 0 Å². The average molecular weight is 760 g/mol. The zero-order chi connectivity index (χ0) is 38.1. The summed E-state index contributed by atoms with van der Waals surface area (Å²) in [5, 5.41) is 10.7. The highest BCUT2D eigenvalue weighted by Crippen LogP contribution is 2.42. The molecule has 2 aromatic rings. The molecule has 0 aliphatic carbocycles. The van der Waals surface area contributed by atoms with Crippen LogP contribution in [0.25, 0.3) is 0 Å². The normalized spacial score (nSPS) is 24.6. The molecule has 3 amide bonds. The van der Waals surface area contributed by atoms with E-state index in [-0.39, 0.29) is 41.9 Å². The predicted molar refractivity (Wildman–Crippen MR) is 209 cm³/mol. The summed E-state index contributed by atoms with van der Waals surface area (Å²) in [6, 6.07) is 9.41. The Bertz CT molecular complexity index is 1830. The van der Waals surface area contributed by atoms with E-state index in [0.717, 1.165) is 90.5 Å². The smallest absolute Gasteiger partial charge is 0.407 e. The molecular formula is C41H54ClN7O5. The van der Waals surface area contributed by atoms with Crippen LogP contribution in [0.3, 0.4) is 0 Å². The van der Waals surface area contributed by atoms with Crippen LogP contribution >= 0.6 is 11.6 Å². The number of aliphatic imine (C=N–C) groups is 2. The second-order valence-corrected chi connectivity index (χ2v) is 16.0. The summed E-state index contributed by atoms with van der Waals surface area (Å²) in [6.07, 6.45) is 5.99. The first-order valence-corrected chi connectivity index (χ1v) is 20.1. The fourth-order valence-electron chi connectivity index (χ4n) is 8.45. The zero-order valence-electron chi connectivity index (χ0n) is 32.1. The maximum absolute atomic E-state index is 13.8. The van der Waals surface area contributed by atoms with E-state index in [2.05, 4.69) is 41.9 Å². The average Bonchev–Trinajstić information content (AvgIpc) is 4.01. The molecule has 5 aliphatic heterocycles. The van der Waals surface area contributed by atoms with Gasteiger partial charge in [-0.05, 0) is 78.5 Å². The van der Waals surface area contributed by atoms with Crippen LogP contribution in [0.5, 0.6) is 11.5 Å². The summed E-state index contributed by atoms with van der Waals surface area (Å²) in [7, 11) is 1.31. The van der Waals surface area contributed by atoms with E-state index in [1.165, 1.54) is 7.11 Å². The third kappa shape index (κ3) is 7.63. The van der Waals surface area contributed by atoms with E-state index in [4.69, 9.17) is 31.1 Å². The van der Waals surface area contributed by atoms with E-state index in [1.54, 1.807) is 0 Å². The lowest BCUT2D eigenvalue weighted by atomic mass is 9.94. The number of amidine groups is 2. The molecular weight excluding hydrogens is 706 g/mol. The number of alkyl carbamates (subject to hydrolysis) is 1. The lowest BCUT2D eigenvalue weighted by Gasteiger charge is -2.32. The molecule has 2 fully saturated rings. The SMILES string of the molecule is CC[C@H](C)CC(=O)N1CCC[C@H]1C1=NCC(c2cc3c(cc2Cl)Cc2cc(C4CN=C([C@@H]5CCCN5C(=O)[C@@H](NC(=O)OC)[C@@H](C)CC)N4)ccc2O3)N1. The zero-order valence-corrected chi connectivity index (χ0v) is 32.9. The fraction of sp³-hybridized carbons (Fsp3) is 0.585. The third-order valence-corrected chi connectivity index (χ3v) is 12.4. The van der Waals surface area contributed by atoms with Crippen LogP contribution in [0, 0.1) is 11.8 Å². The Kier molecular flexibility index (Phi) is 11.4. The first-order valence-electron chi connectivity index (χ1n) is 19.8. The Balaban J connectivity index is 0.988. The number of rotatable bonds is 11. The molecule has 5 heterocycles. The number of hydrogen-bond donors (Lipinski definition) is 3. The van der Waals surface area contributed by atoms with Crippen molar-refractivity contribution >= 4 is 41.2 Å². The van der Waals surface area contributed by atoms with Gasteiger partial charge in [0.05, 0.1) is 44.4 Å². The summed E-state index contributed by atoms with van der Waals surface area (Å²) in [5.74, 6) is 3.76. The summed E-state index contributed by atoms with van der Waals surface area (Å²) in [6.45, 7) is 10.8. The Morgan fingerprint density at radius 2 is 1.59 bits per heavy atom. The van der Waals surface area contributed by atoms with Crippen molar-refractivity contribution in [2.45, 2.75) is 109 Å². The number of halogens is 1. The second-order valence-electron chi connectivity index (χ2n) is 15.6. The van der Waals surface area contributed by atoms with Crippen molar-refractivity contribution in [2.24, 2.45) is 21.8 Å². The number of carbonyl (C=O) groups is 3. The van der Waals surface area contributed by atoms with Crippen molar-refractivity contribution in [1.82, 2.24) is 25.8 Å². The van der Waals surface area contributed by atoms with Crippen LogP contribution in [0.4, 0.5) is 4.79 Å². The van der Waals surface area contributed by atoms with E-state index >= 15 is 0 Å². The Hall–Kier alpha value is -4.32. The van der Waals surface area contributed by atoms with Gasteiger partial charge < -0.3 is 35.2 Å². The number of ether oxygens (including phenoxy) is 2. The maximum Gasteiger partial charge on any atom is 0.407 e. The van der Waals surface area contributed by atoms with Gasteiger partial charge in [0.25, 0.3) is 0 Å². The molecule has 54 heavy (non-hydrogen) atoms. The Morgan fingerprint density at radius 1 is 0.926 bits per heavy atom. The van der Waals surface area contributed by atoms with E-state index in [0.29, 0.717) is 43.4 Å². The number of benzene rings is 2. The van der Waals surface area contributed by atoms with Gasteiger partial charge in [0, 0.05) is 36.5 Å². The first-order chi connectivity index (χ1) is 26.1. The van der Waals surface area contributed by atoms with Gasteiger partial charge in [-0.2, -0.15) is 0 Å². The van der Waals surface area contributed by atoms with Crippen molar-refractivity contribution in [2.75, 3.05) is 33.3 Å². The van der Waals surface area contributed by atoms with Gasteiger partial charge in [-0.3, -0.25) is 19.6 Å². The molecule has 0 saturated carbocycles. The number of nitrogens with one attached hydrogen (secondary N) is 3. The Labute approximate surface area is 323 Å². The van der Waals surface area contributed by atoms with Crippen LogP contribution in [-0.4, -0.2) is 90.8 Å². The van der Waals surface area contributed by atoms with E-state index in [9.17, 15) is 14.4 Å². The molecule has 12 nitrogen and oxygen atoms in total. The van der Waals surface area contributed by atoms with Gasteiger partial charge in [-0.15, -0.1) is 0 Å². The monoisotopic (exact) mass is 759 g/mol. The van der Waals surface area contributed by atoms with Gasteiger partial charge in [-0.1, -0.05) is 58.2 Å². The van der Waals surface area contributed by atoms with Crippen LogP contribution in [0.1, 0.15) is 107 Å². The number of hydrogen-bond acceptors (Lipinski definition) is 9. The predicted octanol–water partition coefficient (Wildman–Crippen LogP) is 6.31.